The van der Waals surface area contributed by atoms with E-state index in [1.54, 1.807) is 0 Å². The van der Waals surface area contributed by atoms with Gasteiger partial charge in [-0.1, -0.05) is 30.3 Å². The lowest BCUT2D eigenvalue weighted by atomic mass is 10.1. The zero-order valence-electron chi connectivity index (χ0n) is 18.0. The Kier molecular flexibility index (Phi) is 9.51. The molecule has 0 bridgehead atoms. The summed E-state index contributed by atoms with van der Waals surface area (Å²) in [6.45, 7) is 0.790. The monoisotopic (exact) mass is 460 g/mol. The number of imidazole rings is 1. The summed E-state index contributed by atoms with van der Waals surface area (Å²) in [5.74, 6) is -3.50. The van der Waals surface area contributed by atoms with Crippen LogP contribution < -0.4 is 21.7 Å². The van der Waals surface area contributed by atoms with Crippen molar-refractivity contribution in [3.8, 4) is 0 Å². The molecule has 0 aliphatic rings. The molecule has 1 aromatic carbocycles. The number of nitrogens with two attached hydrogens (primary N) is 1. The minimum Gasteiger partial charge on any atom is -0.480 e. The number of hydrogen-bond acceptors (Lipinski definition) is 7. The smallest absolute Gasteiger partial charge is 0.326 e. The second-order valence-corrected chi connectivity index (χ2v) is 7.48. The van der Waals surface area contributed by atoms with Crippen LogP contribution in [-0.2, 0) is 32.0 Å². The van der Waals surface area contributed by atoms with Gasteiger partial charge in [0.2, 0.25) is 17.7 Å². The molecular formula is C21H28N6O6. The molecule has 0 aliphatic carbocycles. The molecule has 0 radical (unpaired) electrons. The molecule has 0 aliphatic heterocycles. The Balaban J connectivity index is 1.87. The number of aliphatic carboxylic acids is 1. The van der Waals surface area contributed by atoms with Gasteiger partial charge in [-0.05, 0) is 18.9 Å². The second-order valence-electron chi connectivity index (χ2n) is 7.48. The first kappa shape index (κ1) is 25.5. The number of aromatic nitrogens is 2. The number of carboxylic acid groups (broad SMARTS) is 1. The summed E-state index contributed by atoms with van der Waals surface area (Å²) < 4.78 is 0. The number of benzene rings is 1. The number of carbonyl (C=O) groups is 4. The molecule has 2 aromatic rings. The number of carbonyl (C=O) groups excluding carboxylic acids is 3. The predicted octanol–water partition coefficient (Wildman–Crippen LogP) is -1.93. The lowest BCUT2D eigenvalue weighted by Gasteiger charge is -2.23. The van der Waals surface area contributed by atoms with Crippen LogP contribution in [0.1, 0.15) is 18.2 Å². The fourth-order valence-electron chi connectivity index (χ4n) is 2.97. The summed E-state index contributed by atoms with van der Waals surface area (Å²) in [6.07, 6.45) is 1.67. The lowest BCUT2D eigenvalue weighted by Crippen LogP contribution is -2.57. The third-order valence-corrected chi connectivity index (χ3v) is 4.73. The SMILES string of the molecule is CC(O)C(NC(=O)CNC(=O)C(N)Cc1ccccc1)C(=O)NC(Cc1cnc[nH]1)C(=O)O. The van der Waals surface area contributed by atoms with E-state index in [0.717, 1.165) is 5.56 Å². The average molecular weight is 460 g/mol. The van der Waals surface area contributed by atoms with E-state index in [9.17, 15) is 29.4 Å². The van der Waals surface area contributed by atoms with Gasteiger partial charge in [-0.15, -0.1) is 0 Å². The molecule has 3 amide bonds. The molecule has 12 heteroatoms. The number of aliphatic hydroxyl groups excluding tert-OH is 1. The predicted molar refractivity (Wildman–Crippen MR) is 117 cm³/mol. The van der Waals surface area contributed by atoms with Gasteiger partial charge in [0.05, 0.1) is 25.0 Å². The van der Waals surface area contributed by atoms with Gasteiger partial charge in [0.25, 0.3) is 0 Å². The van der Waals surface area contributed by atoms with Gasteiger partial charge in [-0.2, -0.15) is 0 Å². The molecule has 1 aromatic heterocycles. The van der Waals surface area contributed by atoms with Gasteiger partial charge in [0.1, 0.15) is 12.1 Å². The third kappa shape index (κ3) is 8.35. The number of nitrogens with zero attached hydrogens (tertiary/aromatic N) is 1. The van der Waals surface area contributed by atoms with Crippen LogP contribution >= 0.6 is 0 Å². The van der Waals surface area contributed by atoms with E-state index in [0.29, 0.717) is 5.69 Å². The fraction of sp³-hybridized carbons (Fsp3) is 0.381. The molecule has 1 heterocycles. The van der Waals surface area contributed by atoms with Crippen LogP contribution in [0.5, 0.6) is 0 Å². The number of aliphatic hydroxyl groups is 1. The van der Waals surface area contributed by atoms with E-state index in [4.69, 9.17) is 5.73 Å². The van der Waals surface area contributed by atoms with Gasteiger partial charge in [0, 0.05) is 18.3 Å². The molecule has 0 spiro atoms. The third-order valence-electron chi connectivity index (χ3n) is 4.73. The zero-order valence-corrected chi connectivity index (χ0v) is 18.0. The molecule has 2 rings (SSSR count). The number of aromatic amines is 1. The molecule has 12 nitrogen and oxygen atoms in total. The van der Waals surface area contributed by atoms with E-state index in [1.807, 2.05) is 30.3 Å². The molecule has 4 unspecified atom stereocenters. The summed E-state index contributed by atoms with van der Waals surface area (Å²) in [5.41, 5.74) is 7.20. The highest BCUT2D eigenvalue weighted by Crippen LogP contribution is 2.03. The molecular weight excluding hydrogens is 432 g/mol. The van der Waals surface area contributed by atoms with Crippen molar-refractivity contribution in [2.24, 2.45) is 5.73 Å². The molecule has 4 atom stereocenters. The maximum absolute atomic E-state index is 12.5. The Morgan fingerprint density at radius 2 is 1.79 bits per heavy atom. The minimum atomic E-state index is -1.43. The first-order valence-corrected chi connectivity index (χ1v) is 10.2. The molecule has 33 heavy (non-hydrogen) atoms. The number of nitrogens with one attached hydrogen (secondary N) is 4. The topological polar surface area (TPSA) is 200 Å². The Hall–Kier alpha value is -3.77. The van der Waals surface area contributed by atoms with Crippen molar-refractivity contribution in [1.29, 1.82) is 0 Å². The van der Waals surface area contributed by atoms with Crippen molar-refractivity contribution >= 4 is 23.7 Å². The summed E-state index contributed by atoms with van der Waals surface area (Å²) in [4.78, 5) is 54.9. The Morgan fingerprint density at radius 1 is 1.09 bits per heavy atom. The number of carboxylic acids is 1. The fourth-order valence-corrected chi connectivity index (χ4v) is 2.97. The van der Waals surface area contributed by atoms with Crippen molar-refractivity contribution < 1.29 is 29.4 Å². The summed E-state index contributed by atoms with van der Waals surface area (Å²) in [5, 5.41) is 26.2. The van der Waals surface area contributed by atoms with Gasteiger partial charge in [-0.3, -0.25) is 14.4 Å². The van der Waals surface area contributed by atoms with Gasteiger partial charge < -0.3 is 36.9 Å². The van der Waals surface area contributed by atoms with E-state index >= 15 is 0 Å². The van der Waals surface area contributed by atoms with Crippen LogP contribution in [0.15, 0.2) is 42.9 Å². The summed E-state index contributed by atoms with van der Waals surface area (Å²) >= 11 is 0. The lowest BCUT2D eigenvalue weighted by molar-refractivity contribution is -0.143. The van der Waals surface area contributed by atoms with Crippen LogP contribution in [0.3, 0.4) is 0 Å². The van der Waals surface area contributed by atoms with Gasteiger partial charge in [0.15, 0.2) is 0 Å². The largest absolute Gasteiger partial charge is 0.480 e. The molecule has 0 fully saturated rings. The Bertz CT molecular complexity index is 934. The van der Waals surface area contributed by atoms with E-state index in [2.05, 4.69) is 25.9 Å². The molecule has 0 saturated carbocycles. The van der Waals surface area contributed by atoms with Crippen molar-refractivity contribution in [3.05, 3.63) is 54.1 Å². The highest BCUT2D eigenvalue weighted by atomic mass is 16.4. The first-order chi connectivity index (χ1) is 15.7. The maximum Gasteiger partial charge on any atom is 0.326 e. The highest BCUT2D eigenvalue weighted by molar-refractivity contribution is 5.92. The van der Waals surface area contributed by atoms with Crippen LogP contribution in [0.25, 0.3) is 0 Å². The van der Waals surface area contributed by atoms with E-state index in [1.165, 1.54) is 19.4 Å². The molecule has 8 N–H and O–H groups in total. The molecule has 0 saturated heterocycles. The standard InChI is InChI=1S/C21H28N6O6/c1-12(28)18(20(31)26-16(21(32)33)8-14-9-23-11-25-14)27-17(29)10-24-19(30)15(22)7-13-5-3-2-4-6-13/h2-6,9,11-12,15-16,18,28H,7-8,10,22H2,1H3,(H,23,25)(H,24,30)(H,26,31)(H,27,29)(H,32,33). The van der Waals surface area contributed by atoms with Crippen LogP contribution in [0, 0.1) is 0 Å². The van der Waals surface area contributed by atoms with Gasteiger partial charge in [-0.25, -0.2) is 9.78 Å². The van der Waals surface area contributed by atoms with Crippen LogP contribution in [-0.4, -0.2) is 74.6 Å². The van der Waals surface area contributed by atoms with Gasteiger partial charge >= 0.3 is 5.97 Å². The number of hydrogen-bond donors (Lipinski definition) is 7. The van der Waals surface area contributed by atoms with Crippen molar-refractivity contribution in [2.45, 2.75) is 44.0 Å². The number of amides is 3. The van der Waals surface area contributed by atoms with Crippen molar-refractivity contribution in [2.75, 3.05) is 6.54 Å². The first-order valence-electron chi connectivity index (χ1n) is 10.2. The van der Waals surface area contributed by atoms with Crippen molar-refractivity contribution in [3.63, 3.8) is 0 Å². The Morgan fingerprint density at radius 3 is 2.36 bits per heavy atom. The normalized spacial score (nSPS) is 14.4. The quantitative estimate of drug-likeness (QED) is 0.190. The summed E-state index contributed by atoms with van der Waals surface area (Å²) in [7, 11) is 0. The number of H-pyrrole nitrogens is 1. The van der Waals surface area contributed by atoms with Crippen LogP contribution in [0.2, 0.25) is 0 Å². The Labute approximate surface area is 190 Å². The molecule has 178 valence electrons. The maximum atomic E-state index is 12.5. The minimum absolute atomic E-state index is 0.0725. The van der Waals surface area contributed by atoms with Crippen LogP contribution in [0.4, 0.5) is 0 Å². The van der Waals surface area contributed by atoms with E-state index < -0.39 is 54.5 Å². The second kappa shape index (κ2) is 12.3. The average Bonchev–Trinajstić information content (AvgIpc) is 3.28. The van der Waals surface area contributed by atoms with Crippen molar-refractivity contribution in [1.82, 2.24) is 25.9 Å². The van der Waals surface area contributed by atoms with E-state index in [-0.39, 0.29) is 12.8 Å². The highest BCUT2D eigenvalue weighted by Gasteiger charge is 2.30. The zero-order chi connectivity index (χ0) is 24.4. The summed E-state index contributed by atoms with van der Waals surface area (Å²) in [6, 6.07) is 5.49. The number of rotatable bonds is 12.